The molecule has 1 aliphatic rings. The number of rotatable bonds is 3. The van der Waals surface area contributed by atoms with Crippen LogP contribution in [0.2, 0.25) is 0 Å². The van der Waals surface area contributed by atoms with Gasteiger partial charge in [0.25, 0.3) is 0 Å². The van der Waals surface area contributed by atoms with Gasteiger partial charge in [-0.25, -0.2) is 0 Å². The van der Waals surface area contributed by atoms with Crippen molar-refractivity contribution < 1.29 is 9.53 Å². The van der Waals surface area contributed by atoms with Gasteiger partial charge in [-0.1, -0.05) is 60.2 Å². The molecule has 0 bridgehead atoms. The third kappa shape index (κ3) is 3.13. The molecule has 1 N–H and O–H groups in total. The van der Waals surface area contributed by atoms with Gasteiger partial charge in [0, 0.05) is 17.5 Å². The van der Waals surface area contributed by atoms with E-state index in [1.54, 1.807) is 0 Å². The fourth-order valence-corrected chi connectivity index (χ4v) is 3.12. The molecule has 0 aromatic heterocycles. The second-order valence-electron chi connectivity index (χ2n) is 6.33. The molecule has 1 unspecified atom stereocenters. The summed E-state index contributed by atoms with van der Waals surface area (Å²) in [5.41, 5.74) is 3.79. The lowest BCUT2D eigenvalue weighted by atomic mass is 9.96. The first kappa shape index (κ1) is 15.5. The second kappa shape index (κ2) is 6.44. The normalized spacial score (nSPS) is 15.2. The van der Waals surface area contributed by atoms with Crippen molar-refractivity contribution >= 4 is 11.5 Å². The molecule has 0 saturated carbocycles. The zero-order valence-corrected chi connectivity index (χ0v) is 14.0. The summed E-state index contributed by atoms with van der Waals surface area (Å²) in [5.74, 6) is 1.69. The van der Waals surface area contributed by atoms with Gasteiger partial charge in [0.05, 0.1) is 11.7 Å². The van der Waals surface area contributed by atoms with Crippen molar-refractivity contribution in [2.24, 2.45) is 0 Å². The Morgan fingerprint density at radius 1 is 0.920 bits per heavy atom. The molecule has 0 radical (unpaired) electrons. The van der Waals surface area contributed by atoms with Crippen LogP contribution in [-0.4, -0.2) is 5.78 Å². The van der Waals surface area contributed by atoms with E-state index in [9.17, 15) is 4.79 Å². The Bertz CT molecular complexity index is 915. The number of aryl methyl sites for hydroxylation is 1. The Kier molecular flexibility index (Phi) is 3.98. The topological polar surface area (TPSA) is 38.3 Å². The van der Waals surface area contributed by atoms with E-state index < -0.39 is 0 Å². The molecule has 25 heavy (non-hydrogen) atoms. The lowest BCUT2D eigenvalue weighted by Crippen LogP contribution is -2.15. The van der Waals surface area contributed by atoms with Crippen molar-refractivity contribution in [3.05, 3.63) is 89.5 Å². The molecule has 0 spiro atoms. The number of hydrogen-bond donors (Lipinski definition) is 1. The Hall–Kier alpha value is -3.07. The number of ether oxygens (including phenoxy) is 1. The molecule has 1 aliphatic heterocycles. The van der Waals surface area contributed by atoms with Crippen LogP contribution in [0.5, 0.6) is 11.5 Å². The maximum Gasteiger partial charge on any atom is 0.165 e. The highest BCUT2D eigenvalue weighted by Crippen LogP contribution is 2.41. The SMILES string of the molecule is Cc1ccc(C(=O)CC2Nc3ccccc3Oc3ccccc32)cc1. The summed E-state index contributed by atoms with van der Waals surface area (Å²) in [6.07, 6.45) is 0.373. The minimum atomic E-state index is -0.131. The van der Waals surface area contributed by atoms with Gasteiger partial charge in [-0.05, 0) is 25.1 Å². The monoisotopic (exact) mass is 329 g/mol. The third-order valence-corrected chi connectivity index (χ3v) is 4.49. The lowest BCUT2D eigenvalue weighted by Gasteiger charge is -2.18. The summed E-state index contributed by atoms with van der Waals surface area (Å²) in [5, 5.41) is 3.48. The van der Waals surface area contributed by atoms with Gasteiger partial charge >= 0.3 is 0 Å². The average molecular weight is 329 g/mol. The maximum absolute atomic E-state index is 12.8. The predicted molar refractivity (Wildman–Crippen MR) is 99.4 cm³/mol. The lowest BCUT2D eigenvalue weighted by molar-refractivity contribution is 0.0976. The number of hydrogen-bond acceptors (Lipinski definition) is 3. The number of nitrogens with one attached hydrogen (secondary N) is 1. The molecular formula is C22H19NO2. The molecule has 3 aromatic carbocycles. The third-order valence-electron chi connectivity index (χ3n) is 4.49. The first-order valence-electron chi connectivity index (χ1n) is 8.43. The Morgan fingerprint density at radius 2 is 1.60 bits per heavy atom. The van der Waals surface area contributed by atoms with Crippen LogP contribution in [0.15, 0.2) is 72.8 Å². The van der Waals surface area contributed by atoms with Gasteiger partial charge in [0.1, 0.15) is 5.75 Å². The molecule has 0 aliphatic carbocycles. The van der Waals surface area contributed by atoms with Crippen LogP contribution in [0.25, 0.3) is 0 Å². The summed E-state index contributed by atoms with van der Waals surface area (Å²) < 4.78 is 6.06. The van der Waals surface area contributed by atoms with E-state index in [4.69, 9.17) is 4.74 Å². The highest BCUT2D eigenvalue weighted by atomic mass is 16.5. The van der Waals surface area contributed by atoms with Gasteiger partial charge in [-0.2, -0.15) is 0 Å². The Balaban J connectivity index is 1.68. The maximum atomic E-state index is 12.8. The summed E-state index contributed by atoms with van der Waals surface area (Å²) in [6, 6.07) is 23.3. The molecule has 3 nitrogen and oxygen atoms in total. The fraction of sp³-hybridized carbons (Fsp3) is 0.136. The van der Waals surface area contributed by atoms with Crippen molar-refractivity contribution in [1.82, 2.24) is 0 Å². The van der Waals surface area contributed by atoms with Crippen LogP contribution in [0.1, 0.15) is 33.9 Å². The molecule has 4 rings (SSSR count). The van der Waals surface area contributed by atoms with Crippen LogP contribution in [0, 0.1) is 6.92 Å². The van der Waals surface area contributed by atoms with Crippen LogP contribution < -0.4 is 10.1 Å². The van der Waals surface area contributed by atoms with Crippen molar-refractivity contribution in [2.45, 2.75) is 19.4 Å². The van der Waals surface area contributed by atoms with Crippen molar-refractivity contribution in [1.29, 1.82) is 0 Å². The van der Waals surface area contributed by atoms with Crippen molar-refractivity contribution in [3.63, 3.8) is 0 Å². The number of fused-ring (bicyclic) bond motifs is 2. The summed E-state index contributed by atoms with van der Waals surface area (Å²) >= 11 is 0. The standard InChI is InChI=1S/C22H19NO2/c1-15-10-12-16(13-11-15)20(24)14-19-17-6-2-4-8-21(17)25-22-9-5-3-7-18(22)23-19/h2-13,19,23H,14H2,1H3. The zero-order chi connectivity index (χ0) is 17.2. The second-order valence-corrected chi connectivity index (χ2v) is 6.33. The first-order valence-corrected chi connectivity index (χ1v) is 8.43. The molecule has 124 valence electrons. The van der Waals surface area contributed by atoms with E-state index in [1.807, 2.05) is 79.7 Å². The van der Waals surface area contributed by atoms with E-state index in [2.05, 4.69) is 5.32 Å². The van der Waals surface area contributed by atoms with Crippen molar-refractivity contribution in [2.75, 3.05) is 5.32 Å². The molecule has 3 aromatic rings. The van der Waals surface area contributed by atoms with Crippen LogP contribution in [0.4, 0.5) is 5.69 Å². The number of anilines is 1. The highest BCUT2D eigenvalue weighted by Gasteiger charge is 2.24. The van der Waals surface area contributed by atoms with Gasteiger partial charge < -0.3 is 10.1 Å². The van der Waals surface area contributed by atoms with E-state index in [0.717, 1.165) is 33.9 Å². The van der Waals surface area contributed by atoms with E-state index in [1.165, 1.54) is 0 Å². The number of carbonyl (C=O) groups excluding carboxylic acids is 1. The summed E-state index contributed by atoms with van der Waals surface area (Å²) in [4.78, 5) is 12.8. The van der Waals surface area contributed by atoms with E-state index >= 15 is 0 Å². The zero-order valence-electron chi connectivity index (χ0n) is 14.0. The first-order chi connectivity index (χ1) is 12.2. The van der Waals surface area contributed by atoms with Crippen molar-refractivity contribution in [3.8, 4) is 11.5 Å². The van der Waals surface area contributed by atoms with E-state index in [0.29, 0.717) is 6.42 Å². The summed E-state index contributed by atoms with van der Waals surface area (Å²) in [7, 11) is 0. The number of para-hydroxylation sites is 3. The number of carbonyl (C=O) groups is 1. The summed E-state index contributed by atoms with van der Waals surface area (Å²) in [6.45, 7) is 2.02. The molecule has 1 atom stereocenters. The molecule has 3 heteroatoms. The van der Waals surface area contributed by atoms with Gasteiger partial charge in [-0.15, -0.1) is 0 Å². The van der Waals surface area contributed by atoms with Gasteiger partial charge in [0.2, 0.25) is 0 Å². The molecule has 0 saturated heterocycles. The Morgan fingerprint density at radius 3 is 2.40 bits per heavy atom. The largest absolute Gasteiger partial charge is 0.455 e. The van der Waals surface area contributed by atoms with Crippen LogP contribution in [0.3, 0.4) is 0 Å². The fourth-order valence-electron chi connectivity index (χ4n) is 3.12. The highest BCUT2D eigenvalue weighted by molar-refractivity contribution is 5.96. The van der Waals surface area contributed by atoms with Gasteiger partial charge in [-0.3, -0.25) is 4.79 Å². The number of benzene rings is 3. The van der Waals surface area contributed by atoms with E-state index in [-0.39, 0.29) is 11.8 Å². The number of ketones is 1. The minimum Gasteiger partial charge on any atom is -0.455 e. The molecule has 0 fully saturated rings. The predicted octanol–water partition coefficient (Wildman–Crippen LogP) is 5.53. The smallest absolute Gasteiger partial charge is 0.165 e. The quantitative estimate of drug-likeness (QED) is 0.642. The average Bonchev–Trinajstić information content (AvgIpc) is 2.79. The molecular weight excluding hydrogens is 310 g/mol. The molecule has 1 heterocycles. The molecule has 0 amide bonds. The Labute approximate surface area is 147 Å². The van der Waals surface area contributed by atoms with Crippen LogP contribution >= 0.6 is 0 Å². The van der Waals surface area contributed by atoms with Gasteiger partial charge in [0.15, 0.2) is 11.5 Å². The number of Topliss-reactive ketones (excluding diaryl/α,β-unsaturated/α-hetero) is 1. The van der Waals surface area contributed by atoms with Crippen LogP contribution in [-0.2, 0) is 0 Å². The minimum absolute atomic E-state index is 0.117.